The van der Waals surface area contributed by atoms with Gasteiger partial charge in [0.15, 0.2) is 0 Å². The quantitative estimate of drug-likeness (QED) is 0.648. The summed E-state index contributed by atoms with van der Waals surface area (Å²) >= 11 is 0. The van der Waals surface area contributed by atoms with Crippen molar-refractivity contribution in [3.05, 3.63) is 0 Å². The minimum absolute atomic E-state index is 0. The van der Waals surface area contributed by atoms with Crippen LogP contribution in [0.1, 0.15) is 13.8 Å². The fourth-order valence-electron chi connectivity index (χ4n) is 1.77. The van der Waals surface area contributed by atoms with Crippen LogP contribution in [0.2, 0.25) is 0 Å². The number of likely N-dealkylation sites (tertiary alicyclic amines) is 1. The van der Waals surface area contributed by atoms with Crippen LogP contribution >= 0.6 is 12.4 Å². The second-order valence-electron chi connectivity index (χ2n) is 3.79. The highest BCUT2D eigenvalue weighted by atomic mass is 35.5. The second-order valence-corrected chi connectivity index (χ2v) is 3.79. The average Bonchev–Trinajstić information content (AvgIpc) is 2.10. The Balaban J connectivity index is 0.000001000. The molecule has 1 heterocycles. The molecule has 1 aliphatic heterocycles. The van der Waals surface area contributed by atoms with E-state index in [0.29, 0.717) is 12.0 Å². The van der Waals surface area contributed by atoms with Crippen LogP contribution in [0.3, 0.4) is 0 Å². The number of hydrogen-bond donors (Lipinski definition) is 1. The van der Waals surface area contributed by atoms with Crippen molar-refractivity contribution in [2.45, 2.75) is 19.9 Å². The van der Waals surface area contributed by atoms with Gasteiger partial charge in [0.1, 0.15) is 0 Å². The summed E-state index contributed by atoms with van der Waals surface area (Å²) in [6, 6.07) is 0.407. The van der Waals surface area contributed by atoms with Crippen molar-refractivity contribution in [3.8, 4) is 0 Å². The van der Waals surface area contributed by atoms with E-state index in [4.69, 9.17) is 5.73 Å². The standard InChI is InChI=1S/C8H18N2.ClH/c1-6(2)7-4-10(3)5-8(7)9;/h6-8H,4-5,9H2,1-3H3;1H. The molecule has 0 saturated carbocycles. The van der Waals surface area contributed by atoms with Gasteiger partial charge in [0.2, 0.25) is 0 Å². The van der Waals surface area contributed by atoms with Gasteiger partial charge in [0.25, 0.3) is 0 Å². The van der Waals surface area contributed by atoms with Crippen LogP contribution in [0.4, 0.5) is 0 Å². The largest absolute Gasteiger partial charge is 0.326 e. The van der Waals surface area contributed by atoms with Gasteiger partial charge in [-0.15, -0.1) is 12.4 Å². The third kappa shape index (κ3) is 2.62. The molecule has 3 heteroatoms. The van der Waals surface area contributed by atoms with Crippen LogP contribution in [0.5, 0.6) is 0 Å². The van der Waals surface area contributed by atoms with E-state index in [-0.39, 0.29) is 12.4 Å². The van der Waals surface area contributed by atoms with Gasteiger partial charge in [-0.2, -0.15) is 0 Å². The number of rotatable bonds is 1. The molecule has 2 atom stereocenters. The summed E-state index contributed by atoms with van der Waals surface area (Å²) in [5.74, 6) is 1.45. The highest BCUT2D eigenvalue weighted by Crippen LogP contribution is 2.21. The van der Waals surface area contributed by atoms with Crippen molar-refractivity contribution in [2.24, 2.45) is 17.6 Å². The summed E-state index contributed by atoms with van der Waals surface area (Å²) in [6.07, 6.45) is 0. The number of likely N-dealkylation sites (N-methyl/N-ethyl adjacent to an activating group) is 1. The van der Waals surface area contributed by atoms with Crippen LogP contribution in [0, 0.1) is 11.8 Å². The molecule has 0 spiro atoms. The first-order chi connectivity index (χ1) is 4.61. The molecule has 1 saturated heterocycles. The van der Waals surface area contributed by atoms with Crippen molar-refractivity contribution in [1.29, 1.82) is 0 Å². The smallest absolute Gasteiger partial charge is 0.0211 e. The fraction of sp³-hybridized carbons (Fsp3) is 1.00. The lowest BCUT2D eigenvalue weighted by Crippen LogP contribution is -2.31. The summed E-state index contributed by atoms with van der Waals surface area (Å²) in [5, 5.41) is 0. The van der Waals surface area contributed by atoms with Crippen LogP contribution in [0.25, 0.3) is 0 Å². The third-order valence-corrected chi connectivity index (χ3v) is 2.45. The van der Waals surface area contributed by atoms with Gasteiger partial charge in [-0.1, -0.05) is 13.8 Å². The Morgan fingerprint density at radius 2 is 1.91 bits per heavy atom. The Labute approximate surface area is 75.5 Å². The zero-order valence-electron chi connectivity index (χ0n) is 7.58. The lowest BCUT2D eigenvalue weighted by atomic mass is 9.92. The van der Waals surface area contributed by atoms with Gasteiger partial charge in [-0.05, 0) is 18.9 Å². The van der Waals surface area contributed by atoms with Gasteiger partial charge in [0, 0.05) is 19.1 Å². The van der Waals surface area contributed by atoms with E-state index < -0.39 is 0 Å². The molecule has 1 aliphatic rings. The van der Waals surface area contributed by atoms with Crippen molar-refractivity contribution in [1.82, 2.24) is 4.90 Å². The average molecular weight is 179 g/mol. The summed E-state index contributed by atoms with van der Waals surface area (Å²) in [7, 11) is 2.14. The van der Waals surface area contributed by atoms with E-state index in [9.17, 15) is 0 Å². The van der Waals surface area contributed by atoms with Crippen molar-refractivity contribution >= 4 is 12.4 Å². The maximum atomic E-state index is 5.93. The molecule has 0 aromatic rings. The maximum Gasteiger partial charge on any atom is 0.0211 e. The Morgan fingerprint density at radius 3 is 2.09 bits per heavy atom. The highest BCUT2D eigenvalue weighted by Gasteiger charge is 2.29. The Morgan fingerprint density at radius 1 is 1.36 bits per heavy atom. The normalized spacial score (nSPS) is 32.5. The molecule has 0 aromatic carbocycles. The van der Waals surface area contributed by atoms with Crippen LogP contribution in [0.15, 0.2) is 0 Å². The molecular weight excluding hydrogens is 160 g/mol. The van der Waals surface area contributed by atoms with Crippen molar-refractivity contribution < 1.29 is 0 Å². The predicted octanol–water partition coefficient (Wildman–Crippen LogP) is 0.953. The summed E-state index contributed by atoms with van der Waals surface area (Å²) in [5.41, 5.74) is 5.93. The molecular formula is C8H19ClN2. The number of halogens is 1. The van der Waals surface area contributed by atoms with Crippen LogP contribution < -0.4 is 5.73 Å². The minimum atomic E-state index is 0. The molecule has 0 amide bonds. The van der Waals surface area contributed by atoms with Gasteiger partial charge in [-0.3, -0.25) is 0 Å². The first-order valence-corrected chi connectivity index (χ1v) is 4.05. The van der Waals surface area contributed by atoms with Gasteiger partial charge in [0.05, 0.1) is 0 Å². The Hall–Kier alpha value is 0.210. The summed E-state index contributed by atoms with van der Waals surface area (Å²) in [4.78, 5) is 2.31. The highest BCUT2D eigenvalue weighted by molar-refractivity contribution is 5.85. The maximum absolute atomic E-state index is 5.93. The van der Waals surface area contributed by atoms with E-state index in [1.807, 2.05) is 0 Å². The number of nitrogens with two attached hydrogens (primary N) is 1. The zero-order valence-corrected chi connectivity index (χ0v) is 8.40. The Bertz CT molecular complexity index is 117. The van der Waals surface area contributed by atoms with E-state index in [0.717, 1.165) is 12.5 Å². The van der Waals surface area contributed by atoms with E-state index in [2.05, 4.69) is 25.8 Å². The van der Waals surface area contributed by atoms with Crippen molar-refractivity contribution in [2.75, 3.05) is 20.1 Å². The third-order valence-electron chi connectivity index (χ3n) is 2.45. The van der Waals surface area contributed by atoms with E-state index >= 15 is 0 Å². The van der Waals surface area contributed by atoms with Crippen LogP contribution in [-0.2, 0) is 0 Å². The lowest BCUT2D eigenvalue weighted by Gasteiger charge is -2.17. The summed E-state index contributed by atoms with van der Waals surface area (Å²) < 4.78 is 0. The lowest BCUT2D eigenvalue weighted by molar-refractivity contribution is 0.344. The number of hydrogen-bond acceptors (Lipinski definition) is 2. The first kappa shape index (κ1) is 11.2. The second kappa shape index (κ2) is 4.29. The molecule has 68 valence electrons. The zero-order chi connectivity index (χ0) is 7.72. The molecule has 0 bridgehead atoms. The topological polar surface area (TPSA) is 29.3 Å². The molecule has 1 rings (SSSR count). The number of nitrogens with zero attached hydrogens (tertiary/aromatic N) is 1. The van der Waals surface area contributed by atoms with Gasteiger partial charge >= 0.3 is 0 Å². The molecule has 2 unspecified atom stereocenters. The monoisotopic (exact) mass is 178 g/mol. The molecule has 11 heavy (non-hydrogen) atoms. The summed E-state index contributed by atoms with van der Waals surface area (Å²) in [6.45, 7) is 6.76. The minimum Gasteiger partial charge on any atom is -0.326 e. The Kier molecular flexibility index (Phi) is 4.37. The van der Waals surface area contributed by atoms with E-state index in [1.165, 1.54) is 6.54 Å². The fourth-order valence-corrected chi connectivity index (χ4v) is 1.77. The molecule has 0 aromatic heterocycles. The predicted molar refractivity (Wildman–Crippen MR) is 51.0 cm³/mol. The molecule has 0 radical (unpaired) electrons. The SMILES string of the molecule is CC(C)C1CN(C)CC1N.Cl. The van der Waals surface area contributed by atoms with Crippen LogP contribution in [-0.4, -0.2) is 31.1 Å². The van der Waals surface area contributed by atoms with Crippen molar-refractivity contribution in [3.63, 3.8) is 0 Å². The van der Waals surface area contributed by atoms with E-state index in [1.54, 1.807) is 0 Å². The van der Waals surface area contributed by atoms with Gasteiger partial charge in [-0.25, -0.2) is 0 Å². The van der Waals surface area contributed by atoms with Gasteiger partial charge < -0.3 is 10.6 Å². The first-order valence-electron chi connectivity index (χ1n) is 4.05. The molecule has 0 aliphatic carbocycles. The molecule has 1 fully saturated rings. The molecule has 2 nitrogen and oxygen atoms in total. The molecule has 2 N–H and O–H groups in total.